The van der Waals surface area contributed by atoms with E-state index >= 15 is 0 Å². The molecule has 2 aromatic rings. The highest BCUT2D eigenvalue weighted by Gasteiger charge is 2.46. The number of hydrogen-bond donors (Lipinski definition) is 1. The summed E-state index contributed by atoms with van der Waals surface area (Å²) in [6.45, 7) is 1.89. The second-order valence-electron chi connectivity index (χ2n) is 7.16. The normalized spacial score (nSPS) is 22.7. The van der Waals surface area contributed by atoms with Crippen LogP contribution in [0.25, 0.3) is 0 Å². The molecule has 1 atom stereocenters. The minimum Gasteiger partial charge on any atom is -1.00 e. The molecule has 1 heterocycles. The fourth-order valence-electron chi connectivity index (χ4n) is 3.98. The van der Waals surface area contributed by atoms with E-state index in [4.69, 9.17) is 0 Å². The summed E-state index contributed by atoms with van der Waals surface area (Å²) in [5.74, 6) is 0. The van der Waals surface area contributed by atoms with Gasteiger partial charge in [0.25, 0.3) is 0 Å². The van der Waals surface area contributed by atoms with Crippen LogP contribution in [0.5, 0.6) is 0 Å². The smallest absolute Gasteiger partial charge is 0.117 e. The zero-order valence-corrected chi connectivity index (χ0v) is 15.5. The highest BCUT2D eigenvalue weighted by molar-refractivity contribution is 5.41. The van der Waals surface area contributed by atoms with Crippen molar-refractivity contribution in [2.45, 2.75) is 24.4 Å². The third-order valence-electron chi connectivity index (χ3n) is 5.15. The minimum absolute atomic E-state index is 0. The number of halogens is 1. The summed E-state index contributed by atoms with van der Waals surface area (Å²) in [5.41, 5.74) is 2.17. The van der Waals surface area contributed by atoms with E-state index in [2.05, 4.69) is 62.6 Å². The Hall–Kier alpha value is -1.16. The van der Waals surface area contributed by atoms with Gasteiger partial charge in [0, 0.05) is 0 Å². The van der Waals surface area contributed by atoms with E-state index < -0.39 is 0 Å². The number of rotatable bonds is 2. The number of aliphatic hydroxyl groups excluding tert-OH is 1. The molecule has 3 heteroatoms. The highest BCUT2D eigenvalue weighted by atomic mass is 79.9. The second kappa shape index (κ2) is 7.16. The third-order valence-corrected chi connectivity index (χ3v) is 5.15. The van der Waals surface area contributed by atoms with Gasteiger partial charge in [0.2, 0.25) is 0 Å². The SMILES string of the molecule is C[N+]1(C)CCCC(c2ccccc2)(c2ccccc2)C(O)C1.[Br-]. The Balaban J connectivity index is 0.00000192. The first-order valence-electron chi connectivity index (χ1n) is 8.16. The largest absolute Gasteiger partial charge is 1.00 e. The Labute approximate surface area is 150 Å². The molecular formula is C20H26BrNO. The fraction of sp³-hybridized carbons (Fsp3) is 0.400. The van der Waals surface area contributed by atoms with Crippen LogP contribution in [0, 0.1) is 0 Å². The van der Waals surface area contributed by atoms with Crippen molar-refractivity contribution < 1.29 is 26.6 Å². The quantitative estimate of drug-likeness (QED) is 0.743. The van der Waals surface area contributed by atoms with E-state index in [-0.39, 0.29) is 28.5 Å². The van der Waals surface area contributed by atoms with E-state index in [1.165, 1.54) is 11.1 Å². The monoisotopic (exact) mass is 375 g/mol. The Bertz CT molecular complexity index is 573. The highest BCUT2D eigenvalue weighted by Crippen LogP contribution is 2.42. The van der Waals surface area contributed by atoms with Crippen molar-refractivity contribution in [2.75, 3.05) is 27.2 Å². The summed E-state index contributed by atoms with van der Waals surface area (Å²) >= 11 is 0. The molecule has 0 spiro atoms. The number of hydrogen-bond acceptors (Lipinski definition) is 1. The lowest BCUT2D eigenvalue weighted by atomic mass is 9.68. The zero-order valence-electron chi connectivity index (χ0n) is 14.0. The minimum atomic E-state index is -0.380. The van der Waals surface area contributed by atoms with Crippen molar-refractivity contribution in [1.82, 2.24) is 0 Å². The first-order chi connectivity index (χ1) is 10.5. The van der Waals surface area contributed by atoms with Crippen molar-refractivity contribution >= 4 is 0 Å². The Morgan fingerprint density at radius 1 is 0.913 bits per heavy atom. The van der Waals surface area contributed by atoms with E-state index in [0.717, 1.165) is 30.4 Å². The van der Waals surface area contributed by atoms with Crippen molar-refractivity contribution in [3.05, 3.63) is 71.8 Å². The molecule has 0 aliphatic carbocycles. The molecule has 1 aliphatic rings. The van der Waals surface area contributed by atoms with Crippen LogP contribution in [0.1, 0.15) is 24.0 Å². The van der Waals surface area contributed by atoms with Crippen molar-refractivity contribution in [1.29, 1.82) is 0 Å². The summed E-state index contributed by atoms with van der Waals surface area (Å²) in [6, 6.07) is 21.1. The van der Waals surface area contributed by atoms with Gasteiger partial charge in [-0.05, 0) is 24.0 Å². The second-order valence-corrected chi connectivity index (χ2v) is 7.16. The van der Waals surface area contributed by atoms with Crippen LogP contribution < -0.4 is 17.0 Å². The van der Waals surface area contributed by atoms with Crippen LogP contribution in [0.4, 0.5) is 0 Å². The van der Waals surface area contributed by atoms with Crippen LogP contribution in [-0.2, 0) is 5.41 Å². The summed E-state index contributed by atoms with van der Waals surface area (Å²) in [7, 11) is 4.44. The topological polar surface area (TPSA) is 20.2 Å². The molecule has 0 amide bonds. The Kier molecular flexibility index (Phi) is 5.66. The van der Waals surface area contributed by atoms with Gasteiger partial charge in [0.15, 0.2) is 0 Å². The number of likely N-dealkylation sites (N-methyl/N-ethyl adjacent to an activating group) is 1. The Morgan fingerprint density at radius 2 is 1.39 bits per heavy atom. The first kappa shape index (κ1) is 18.2. The van der Waals surface area contributed by atoms with Gasteiger partial charge >= 0.3 is 0 Å². The lowest BCUT2D eigenvalue weighted by Crippen LogP contribution is -3.00. The van der Waals surface area contributed by atoms with Crippen LogP contribution in [-0.4, -0.2) is 42.9 Å². The van der Waals surface area contributed by atoms with Gasteiger partial charge in [-0.2, -0.15) is 0 Å². The molecule has 2 aromatic carbocycles. The van der Waals surface area contributed by atoms with Gasteiger partial charge < -0.3 is 26.6 Å². The molecule has 1 saturated heterocycles. The number of quaternary nitrogens is 1. The third kappa shape index (κ3) is 3.52. The number of likely N-dealkylation sites (tertiary alicyclic amines) is 1. The summed E-state index contributed by atoms with van der Waals surface area (Å²) in [6.07, 6.45) is 1.73. The van der Waals surface area contributed by atoms with E-state index in [9.17, 15) is 5.11 Å². The molecule has 1 unspecified atom stereocenters. The summed E-state index contributed by atoms with van der Waals surface area (Å²) in [4.78, 5) is 0. The number of benzene rings is 2. The molecule has 0 radical (unpaired) electrons. The standard InChI is InChI=1S/C20H26NO.BrH/c1-21(2)15-9-14-20(19(22)16-21,17-10-5-3-6-11-17)18-12-7-4-8-13-18;/h3-8,10-13,19,22H,9,14-16H2,1-2H3;1H/q+1;/p-1. The maximum atomic E-state index is 11.2. The van der Waals surface area contributed by atoms with E-state index in [1.54, 1.807) is 0 Å². The molecule has 0 saturated carbocycles. The van der Waals surface area contributed by atoms with Crippen LogP contribution in [0.15, 0.2) is 60.7 Å². The Morgan fingerprint density at radius 3 is 1.87 bits per heavy atom. The zero-order chi connectivity index (χ0) is 15.6. The van der Waals surface area contributed by atoms with Crippen molar-refractivity contribution in [3.63, 3.8) is 0 Å². The van der Waals surface area contributed by atoms with Gasteiger partial charge in [-0.15, -0.1) is 0 Å². The maximum absolute atomic E-state index is 11.2. The molecule has 23 heavy (non-hydrogen) atoms. The summed E-state index contributed by atoms with van der Waals surface area (Å²) in [5, 5.41) is 11.2. The fourth-order valence-corrected chi connectivity index (χ4v) is 3.98. The number of aliphatic hydroxyl groups is 1. The van der Waals surface area contributed by atoms with Crippen LogP contribution in [0.2, 0.25) is 0 Å². The van der Waals surface area contributed by atoms with Gasteiger partial charge in [-0.25, -0.2) is 0 Å². The predicted molar refractivity (Wildman–Crippen MR) is 90.7 cm³/mol. The molecule has 1 N–H and O–H groups in total. The van der Waals surface area contributed by atoms with Gasteiger partial charge in [0.1, 0.15) is 12.6 Å². The predicted octanol–water partition coefficient (Wildman–Crippen LogP) is 0.208. The molecular weight excluding hydrogens is 350 g/mol. The van der Waals surface area contributed by atoms with Crippen molar-refractivity contribution in [2.24, 2.45) is 0 Å². The lowest BCUT2D eigenvalue weighted by Gasteiger charge is -2.39. The molecule has 1 aliphatic heterocycles. The summed E-state index contributed by atoms with van der Waals surface area (Å²) < 4.78 is 0.878. The molecule has 124 valence electrons. The first-order valence-corrected chi connectivity index (χ1v) is 8.16. The van der Waals surface area contributed by atoms with Crippen LogP contribution in [0.3, 0.4) is 0 Å². The molecule has 3 rings (SSSR count). The van der Waals surface area contributed by atoms with Crippen molar-refractivity contribution in [3.8, 4) is 0 Å². The average molecular weight is 376 g/mol. The molecule has 2 nitrogen and oxygen atoms in total. The van der Waals surface area contributed by atoms with E-state index in [0.29, 0.717) is 0 Å². The molecule has 0 bridgehead atoms. The van der Waals surface area contributed by atoms with Gasteiger partial charge in [-0.3, -0.25) is 0 Å². The van der Waals surface area contributed by atoms with Crippen LogP contribution >= 0.6 is 0 Å². The lowest BCUT2D eigenvalue weighted by molar-refractivity contribution is -0.892. The average Bonchev–Trinajstić information content (AvgIpc) is 2.64. The maximum Gasteiger partial charge on any atom is 0.117 e. The molecule has 0 aromatic heterocycles. The van der Waals surface area contributed by atoms with Gasteiger partial charge in [0.05, 0.1) is 26.1 Å². The molecule has 1 fully saturated rings. The number of nitrogens with zero attached hydrogens (tertiary/aromatic N) is 1. The van der Waals surface area contributed by atoms with Gasteiger partial charge in [-0.1, -0.05) is 60.7 Å². The van der Waals surface area contributed by atoms with E-state index in [1.807, 2.05) is 12.1 Å².